The van der Waals surface area contributed by atoms with E-state index in [4.69, 9.17) is 0 Å². The molecule has 2 aromatic rings. The fourth-order valence-electron chi connectivity index (χ4n) is 5.67. The molecule has 2 aliphatic carbocycles. The van der Waals surface area contributed by atoms with Gasteiger partial charge in [-0.15, -0.1) is 0 Å². The van der Waals surface area contributed by atoms with Crippen LogP contribution in [-0.4, -0.2) is 34.7 Å². The van der Waals surface area contributed by atoms with E-state index in [0.29, 0.717) is 11.1 Å². The molecule has 4 atom stereocenters. The fraction of sp³-hybridized carbons (Fsp3) is 0.333. The maximum atomic E-state index is 14.1. The fourth-order valence-corrected chi connectivity index (χ4v) is 9.97. The maximum Gasteiger partial charge on any atom is 0.183 e. The Kier molecular flexibility index (Phi) is 4.68. The molecule has 31 heavy (non-hydrogen) atoms. The van der Waals surface area contributed by atoms with E-state index >= 15 is 0 Å². The average molecular weight is 455 g/mol. The van der Waals surface area contributed by atoms with Gasteiger partial charge in [0.15, 0.2) is 21.4 Å². The van der Waals surface area contributed by atoms with Crippen molar-refractivity contribution in [1.82, 2.24) is 0 Å². The lowest BCUT2D eigenvalue weighted by Gasteiger charge is -2.48. The van der Waals surface area contributed by atoms with Crippen molar-refractivity contribution in [3.05, 3.63) is 81.8 Å². The standard InChI is InChI=1S/C24H22O5S2/c1-15-13-20-21(25)17-9-5-6-10-18(17)23(26)24(20,19-11-12-31(28,29)22(15)19)30(27)14-16-7-3-2-4-8-16/h2-10,19-20H,11-14H2,1H3/t19-,20+,24-,30+/m1/s1. The Bertz CT molecular complexity index is 1280. The largest absolute Gasteiger partial charge is 0.294 e. The van der Waals surface area contributed by atoms with Gasteiger partial charge in [0.1, 0.15) is 4.75 Å². The molecule has 0 aromatic heterocycles. The van der Waals surface area contributed by atoms with Crippen molar-refractivity contribution in [2.45, 2.75) is 30.3 Å². The second-order valence-corrected chi connectivity index (χ2v) is 12.3. The van der Waals surface area contributed by atoms with Gasteiger partial charge in [-0.2, -0.15) is 0 Å². The summed E-state index contributed by atoms with van der Waals surface area (Å²) in [6.45, 7) is 1.73. The zero-order chi connectivity index (χ0) is 22.0. The predicted molar refractivity (Wildman–Crippen MR) is 119 cm³/mol. The molecule has 0 amide bonds. The molecule has 0 bridgehead atoms. The highest BCUT2D eigenvalue weighted by Crippen LogP contribution is 2.56. The summed E-state index contributed by atoms with van der Waals surface area (Å²) in [6.07, 6.45) is 0.359. The van der Waals surface area contributed by atoms with Crippen LogP contribution in [0.2, 0.25) is 0 Å². The third-order valence-electron chi connectivity index (χ3n) is 6.92. The smallest absolute Gasteiger partial charge is 0.183 e. The third kappa shape index (κ3) is 2.79. The SMILES string of the molecule is CC1=C2[C@@H](CCS2(=O)=O)[C@]2([S@@](=O)Cc3ccccc3)C(=O)c3ccccc3C(=O)[C@@H]2C1. The number of hydrogen-bond donors (Lipinski definition) is 0. The van der Waals surface area contributed by atoms with Crippen LogP contribution in [0.25, 0.3) is 0 Å². The van der Waals surface area contributed by atoms with Gasteiger partial charge in [0.05, 0.1) is 11.7 Å². The summed E-state index contributed by atoms with van der Waals surface area (Å²) in [6, 6.07) is 15.8. The van der Waals surface area contributed by atoms with Crippen LogP contribution in [0.4, 0.5) is 0 Å². The highest BCUT2D eigenvalue weighted by molar-refractivity contribution is 7.95. The Morgan fingerprint density at radius 2 is 1.61 bits per heavy atom. The lowest BCUT2D eigenvalue weighted by Crippen LogP contribution is -2.62. The summed E-state index contributed by atoms with van der Waals surface area (Å²) in [7, 11) is -5.31. The van der Waals surface area contributed by atoms with Crippen molar-refractivity contribution < 1.29 is 22.2 Å². The van der Waals surface area contributed by atoms with Gasteiger partial charge in [-0.1, -0.05) is 60.2 Å². The topological polar surface area (TPSA) is 85.3 Å². The molecule has 5 nitrogen and oxygen atoms in total. The molecular weight excluding hydrogens is 432 g/mol. The number of carbonyl (C=O) groups is 2. The Hall–Kier alpha value is -2.38. The summed E-state index contributed by atoms with van der Waals surface area (Å²) < 4.78 is 38.3. The van der Waals surface area contributed by atoms with Crippen molar-refractivity contribution in [1.29, 1.82) is 0 Å². The lowest BCUT2D eigenvalue weighted by molar-refractivity contribution is 0.0713. The van der Waals surface area contributed by atoms with Crippen molar-refractivity contribution in [2.24, 2.45) is 11.8 Å². The molecular formula is C24H22O5S2. The Balaban J connectivity index is 1.76. The van der Waals surface area contributed by atoms with Crippen LogP contribution in [0.15, 0.2) is 65.1 Å². The summed E-state index contributed by atoms with van der Waals surface area (Å²) in [4.78, 5) is 27.9. The van der Waals surface area contributed by atoms with E-state index in [0.717, 1.165) is 5.56 Å². The molecule has 1 heterocycles. The highest BCUT2D eigenvalue weighted by Gasteiger charge is 2.66. The Labute approximate surface area is 183 Å². The first-order chi connectivity index (χ1) is 14.8. The number of allylic oxidation sites excluding steroid dienone is 2. The summed E-state index contributed by atoms with van der Waals surface area (Å²) in [5.74, 6) is -2.09. The van der Waals surface area contributed by atoms with Crippen molar-refractivity contribution in [2.75, 3.05) is 5.75 Å². The Morgan fingerprint density at radius 1 is 0.968 bits per heavy atom. The molecule has 3 aliphatic rings. The number of Topliss-reactive ketones (excluding diaryl/α,β-unsaturated/α-hetero) is 2. The molecule has 1 aliphatic heterocycles. The van der Waals surface area contributed by atoms with Crippen LogP contribution in [0.1, 0.15) is 46.0 Å². The van der Waals surface area contributed by atoms with E-state index in [2.05, 4.69) is 0 Å². The first-order valence-corrected chi connectivity index (χ1v) is 13.3. The Morgan fingerprint density at radius 3 is 2.32 bits per heavy atom. The highest BCUT2D eigenvalue weighted by atomic mass is 32.2. The number of carbonyl (C=O) groups excluding carboxylic acids is 2. The molecule has 7 heteroatoms. The van der Waals surface area contributed by atoms with Gasteiger partial charge >= 0.3 is 0 Å². The molecule has 0 saturated carbocycles. The zero-order valence-corrected chi connectivity index (χ0v) is 18.7. The lowest BCUT2D eigenvalue weighted by atomic mass is 9.62. The van der Waals surface area contributed by atoms with E-state index in [1.807, 2.05) is 30.3 Å². The molecule has 0 unspecified atom stereocenters. The van der Waals surface area contributed by atoms with Crippen LogP contribution in [0.3, 0.4) is 0 Å². The minimum atomic E-state index is -3.53. The number of sulfone groups is 1. The number of rotatable bonds is 3. The molecule has 1 saturated heterocycles. The molecule has 0 spiro atoms. The van der Waals surface area contributed by atoms with Crippen molar-refractivity contribution in [3.63, 3.8) is 0 Å². The van der Waals surface area contributed by atoms with E-state index in [9.17, 15) is 22.2 Å². The van der Waals surface area contributed by atoms with Gasteiger partial charge < -0.3 is 0 Å². The van der Waals surface area contributed by atoms with Crippen LogP contribution in [-0.2, 0) is 26.4 Å². The maximum absolute atomic E-state index is 14.1. The first-order valence-electron chi connectivity index (χ1n) is 10.3. The van der Waals surface area contributed by atoms with Gasteiger partial charge in [0, 0.05) is 38.5 Å². The van der Waals surface area contributed by atoms with Crippen molar-refractivity contribution >= 4 is 32.2 Å². The molecule has 5 rings (SSSR count). The van der Waals surface area contributed by atoms with Gasteiger partial charge in [-0.25, -0.2) is 8.42 Å². The molecule has 1 fully saturated rings. The summed E-state index contributed by atoms with van der Waals surface area (Å²) >= 11 is 0. The number of ketones is 2. The summed E-state index contributed by atoms with van der Waals surface area (Å²) in [5.41, 5.74) is 2.03. The van der Waals surface area contributed by atoms with Gasteiger partial charge in [0.25, 0.3) is 0 Å². The van der Waals surface area contributed by atoms with Gasteiger partial charge in [-0.3, -0.25) is 13.8 Å². The third-order valence-corrected chi connectivity index (χ3v) is 11.1. The molecule has 2 aromatic carbocycles. The molecule has 0 N–H and O–H groups in total. The monoisotopic (exact) mass is 454 g/mol. The van der Waals surface area contributed by atoms with Crippen LogP contribution < -0.4 is 0 Å². The zero-order valence-electron chi connectivity index (χ0n) is 17.0. The molecule has 0 radical (unpaired) electrons. The van der Waals surface area contributed by atoms with Gasteiger partial charge in [0.2, 0.25) is 0 Å². The predicted octanol–water partition coefficient (Wildman–Crippen LogP) is 3.48. The van der Waals surface area contributed by atoms with Crippen LogP contribution in [0, 0.1) is 11.8 Å². The first kappa shape index (κ1) is 20.5. The normalized spacial score (nSPS) is 29.8. The van der Waals surface area contributed by atoms with Gasteiger partial charge in [-0.05, 0) is 25.3 Å². The average Bonchev–Trinajstić information content (AvgIpc) is 3.09. The number of benzene rings is 2. The van der Waals surface area contributed by atoms with E-state index in [1.54, 1.807) is 31.2 Å². The minimum absolute atomic E-state index is 0.0789. The van der Waals surface area contributed by atoms with E-state index < -0.39 is 37.2 Å². The summed E-state index contributed by atoms with van der Waals surface area (Å²) in [5, 5.41) is 0. The minimum Gasteiger partial charge on any atom is -0.294 e. The molecule has 160 valence electrons. The van der Waals surface area contributed by atoms with E-state index in [1.165, 1.54) is 0 Å². The van der Waals surface area contributed by atoms with Crippen LogP contribution in [0.5, 0.6) is 0 Å². The second kappa shape index (κ2) is 7.07. The van der Waals surface area contributed by atoms with Crippen molar-refractivity contribution in [3.8, 4) is 0 Å². The van der Waals surface area contributed by atoms with E-state index in [-0.39, 0.29) is 46.4 Å². The number of fused-ring (bicyclic) bond motifs is 4. The van der Waals surface area contributed by atoms with Crippen LogP contribution >= 0.6 is 0 Å². The second-order valence-electron chi connectivity index (χ2n) is 8.57. The number of hydrogen-bond acceptors (Lipinski definition) is 5. The quantitative estimate of drug-likeness (QED) is 0.709.